The SMILES string of the molecule is CC(C)N1CC(N2CCO[C@@H](O)C2)C1. The van der Waals surface area contributed by atoms with Crippen molar-refractivity contribution in [1.29, 1.82) is 0 Å². The zero-order valence-electron chi connectivity index (χ0n) is 9.02. The Labute approximate surface area is 85.4 Å². The van der Waals surface area contributed by atoms with Gasteiger partial charge >= 0.3 is 0 Å². The van der Waals surface area contributed by atoms with Gasteiger partial charge in [-0.15, -0.1) is 0 Å². The zero-order chi connectivity index (χ0) is 10.1. The molecular formula is C10H20N2O2. The third kappa shape index (κ3) is 2.08. The molecule has 0 aromatic rings. The number of likely N-dealkylation sites (tertiary alicyclic amines) is 1. The quantitative estimate of drug-likeness (QED) is 0.665. The predicted molar refractivity (Wildman–Crippen MR) is 54.0 cm³/mol. The Balaban J connectivity index is 1.76. The molecular weight excluding hydrogens is 180 g/mol. The second-order valence-corrected chi connectivity index (χ2v) is 4.52. The minimum Gasteiger partial charge on any atom is -0.367 e. The Morgan fingerprint density at radius 2 is 2.00 bits per heavy atom. The van der Waals surface area contributed by atoms with Gasteiger partial charge in [0.1, 0.15) is 0 Å². The van der Waals surface area contributed by atoms with Crippen LogP contribution in [0.25, 0.3) is 0 Å². The molecule has 0 aromatic carbocycles. The van der Waals surface area contributed by atoms with Gasteiger partial charge in [0.15, 0.2) is 6.29 Å². The molecule has 4 nitrogen and oxygen atoms in total. The molecule has 0 bridgehead atoms. The first-order valence-electron chi connectivity index (χ1n) is 5.44. The number of aliphatic hydroxyl groups excluding tert-OH is 1. The van der Waals surface area contributed by atoms with Crippen LogP contribution in [0.15, 0.2) is 0 Å². The van der Waals surface area contributed by atoms with Gasteiger partial charge in [0, 0.05) is 38.3 Å². The van der Waals surface area contributed by atoms with E-state index >= 15 is 0 Å². The average molecular weight is 200 g/mol. The van der Waals surface area contributed by atoms with Crippen LogP contribution in [-0.4, -0.2) is 66.1 Å². The number of ether oxygens (including phenoxy) is 1. The third-order valence-corrected chi connectivity index (χ3v) is 3.22. The minimum atomic E-state index is -0.572. The van der Waals surface area contributed by atoms with Crippen molar-refractivity contribution in [2.75, 3.05) is 32.8 Å². The van der Waals surface area contributed by atoms with Gasteiger partial charge in [-0.25, -0.2) is 0 Å². The summed E-state index contributed by atoms with van der Waals surface area (Å²) in [5.41, 5.74) is 0. The Morgan fingerprint density at radius 1 is 1.29 bits per heavy atom. The van der Waals surface area contributed by atoms with E-state index in [1.165, 1.54) is 0 Å². The highest BCUT2D eigenvalue weighted by Crippen LogP contribution is 2.19. The summed E-state index contributed by atoms with van der Waals surface area (Å²) in [6.07, 6.45) is -0.572. The van der Waals surface area contributed by atoms with Crippen molar-refractivity contribution in [3.63, 3.8) is 0 Å². The highest BCUT2D eigenvalue weighted by molar-refractivity contribution is 4.90. The molecule has 2 heterocycles. The second kappa shape index (κ2) is 4.14. The highest BCUT2D eigenvalue weighted by atomic mass is 16.6. The monoisotopic (exact) mass is 200 g/mol. The van der Waals surface area contributed by atoms with Crippen LogP contribution in [0.3, 0.4) is 0 Å². The van der Waals surface area contributed by atoms with E-state index in [2.05, 4.69) is 23.6 Å². The van der Waals surface area contributed by atoms with Crippen molar-refractivity contribution in [3.05, 3.63) is 0 Å². The molecule has 2 aliphatic rings. The molecule has 2 rings (SSSR count). The number of morpholine rings is 1. The van der Waals surface area contributed by atoms with Gasteiger partial charge in [0.2, 0.25) is 0 Å². The molecule has 0 aromatic heterocycles. The maximum absolute atomic E-state index is 9.35. The lowest BCUT2D eigenvalue weighted by Gasteiger charge is -2.49. The van der Waals surface area contributed by atoms with Crippen LogP contribution < -0.4 is 0 Å². The van der Waals surface area contributed by atoms with Gasteiger partial charge in [-0.2, -0.15) is 0 Å². The van der Waals surface area contributed by atoms with Crippen LogP contribution in [0.1, 0.15) is 13.8 Å². The number of β-amino-alcohol motifs (C(OH)–C–C–N with tert-alkyl or cyclic N) is 1. The Hall–Kier alpha value is -0.160. The molecule has 82 valence electrons. The zero-order valence-corrected chi connectivity index (χ0v) is 9.02. The normalized spacial score (nSPS) is 32.1. The molecule has 2 saturated heterocycles. The summed E-state index contributed by atoms with van der Waals surface area (Å²) >= 11 is 0. The number of hydrogen-bond donors (Lipinski definition) is 1. The molecule has 2 aliphatic heterocycles. The lowest BCUT2D eigenvalue weighted by atomic mass is 10.0. The molecule has 1 N–H and O–H groups in total. The second-order valence-electron chi connectivity index (χ2n) is 4.52. The molecule has 0 unspecified atom stereocenters. The lowest BCUT2D eigenvalue weighted by molar-refractivity contribution is -0.164. The number of nitrogens with zero attached hydrogens (tertiary/aromatic N) is 2. The molecule has 0 spiro atoms. The fraction of sp³-hybridized carbons (Fsp3) is 1.00. The van der Waals surface area contributed by atoms with Crippen LogP contribution in [0.2, 0.25) is 0 Å². The molecule has 14 heavy (non-hydrogen) atoms. The lowest BCUT2D eigenvalue weighted by Crippen LogP contribution is -2.63. The average Bonchev–Trinajstić information content (AvgIpc) is 2.00. The molecule has 2 fully saturated rings. The minimum absolute atomic E-state index is 0.572. The van der Waals surface area contributed by atoms with Gasteiger partial charge in [0.05, 0.1) is 6.61 Å². The summed E-state index contributed by atoms with van der Waals surface area (Å²) < 4.78 is 5.10. The molecule has 4 heteroatoms. The maximum Gasteiger partial charge on any atom is 0.167 e. The fourth-order valence-corrected chi connectivity index (χ4v) is 2.12. The van der Waals surface area contributed by atoms with Crippen LogP contribution >= 0.6 is 0 Å². The summed E-state index contributed by atoms with van der Waals surface area (Å²) in [5.74, 6) is 0. The van der Waals surface area contributed by atoms with Gasteiger partial charge in [-0.05, 0) is 13.8 Å². The molecule has 0 amide bonds. The van der Waals surface area contributed by atoms with Crippen LogP contribution in [0, 0.1) is 0 Å². The Kier molecular flexibility index (Phi) is 3.07. The first-order chi connectivity index (χ1) is 6.66. The summed E-state index contributed by atoms with van der Waals surface area (Å²) in [6.45, 7) is 9.05. The van der Waals surface area contributed by atoms with E-state index in [1.807, 2.05) is 0 Å². The van der Waals surface area contributed by atoms with E-state index in [4.69, 9.17) is 4.74 Å². The summed E-state index contributed by atoms with van der Waals surface area (Å²) in [7, 11) is 0. The van der Waals surface area contributed by atoms with Crippen molar-refractivity contribution in [2.45, 2.75) is 32.2 Å². The topological polar surface area (TPSA) is 35.9 Å². The van der Waals surface area contributed by atoms with Crippen molar-refractivity contribution >= 4 is 0 Å². The first kappa shape index (κ1) is 10.4. The van der Waals surface area contributed by atoms with Crippen molar-refractivity contribution in [1.82, 2.24) is 9.80 Å². The summed E-state index contributed by atoms with van der Waals surface area (Å²) in [6, 6.07) is 1.29. The van der Waals surface area contributed by atoms with Crippen molar-refractivity contribution in [2.24, 2.45) is 0 Å². The van der Waals surface area contributed by atoms with Crippen LogP contribution in [0.5, 0.6) is 0 Å². The standard InChI is InChI=1S/C10H20N2O2/c1-8(2)12-5-9(6-12)11-3-4-14-10(13)7-11/h8-10,13H,3-7H2,1-2H3/t10-/m1/s1. The molecule has 0 aliphatic carbocycles. The number of aliphatic hydroxyl groups is 1. The fourth-order valence-electron chi connectivity index (χ4n) is 2.12. The predicted octanol–water partition coefficient (Wildman–Crippen LogP) is -0.270. The maximum atomic E-state index is 9.35. The molecule has 0 radical (unpaired) electrons. The van der Waals surface area contributed by atoms with Crippen LogP contribution in [0.4, 0.5) is 0 Å². The Bertz CT molecular complexity index is 193. The van der Waals surface area contributed by atoms with Crippen molar-refractivity contribution in [3.8, 4) is 0 Å². The Morgan fingerprint density at radius 3 is 2.57 bits per heavy atom. The summed E-state index contributed by atoms with van der Waals surface area (Å²) in [4.78, 5) is 4.79. The van der Waals surface area contributed by atoms with Gasteiger partial charge in [-0.1, -0.05) is 0 Å². The van der Waals surface area contributed by atoms with Gasteiger partial charge in [0.25, 0.3) is 0 Å². The van der Waals surface area contributed by atoms with E-state index in [0.717, 1.165) is 19.6 Å². The molecule has 1 atom stereocenters. The van der Waals surface area contributed by atoms with E-state index in [1.54, 1.807) is 0 Å². The first-order valence-corrected chi connectivity index (χ1v) is 5.44. The van der Waals surface area contributed by atoms with E-state index in [9.17, 15) is 5.11 Å². The van der Waals surface area contributed by atoms with E-state index < -0.39 is 6.29 Å². The summed E-state index contributed by atoms with van der Waals surface area (Å²) in [5, 5.41) is 9.35. The number of hydrogen-bond acceptors (Lipinski definition) is 4. The third-order valence-electron chi connectivity index (χ3n) is 3.22. The number of rotatable bonds is 2. The molecule has 0 saturated carbocycles. The highest BCUT2D eigenvalue weighted by Gasteiger charge is 2.35. The van der Waals surface area contributed by atoms with E-state index in [0.29, 0.717) is 25.2 Å². The van der Waals surface area contributed by atoms with Gasteiger partial charge in [-0.3, -0.25) is 9.80 Å². The van der Waals surface area contributed by atoms with Crippen molar-refractivity contribution < 1.29 is 9.84 Å². The van der Waals surface area contributed by atoms with E-state index in [-0.39, 0.29) is 0 Å². The largest absolute Gasteiger partial charge is 0.367 e. The van der Waals surface area contributed by atoms with Crippen LogP contribution in [-0.2, 0) is 4.74 Å². The smallest absolute Gasteiger partial charge is 0.167 e. The van der Waals surface area contributed by atoms with Gasteiger partial charge < -0.3 is 9.84 Å².